The molecule has 0 saturated carbocycles. The maximum Gasteiger partial charge on any atom is 0.144 e. The number of hydrogen-bond acceptors (Lipinski definition) is 5. The molecule has 1 aliphatic carbocycles. The largest absolute Gasteiger partial charge is 0.369 e. The van der Waals surface area contributed by atoms with E-state index in [1.807, 2.05) is 17.0 Å². The average Bonchev–Trinajstić information content (AvgIpc) is 3.00. The number of thiazole rings is 1. The second-order valence-corrected chi connectivity index (χ2v) is 5.68. The van der Waals surface area contributed by atoms with Crippen molar-refractivity contribution in [1.82, 2.24) is 9.97 Å². The number of fused-ring (bicyclic) bond motifs is 1. The van der Waals surface area contributed by atoms with Crippen molar-refractivity contribution >= 4 is 17.2 Å². The van der Waals surface area contributed by atoms with Crippen molar-refractivity contribution in [3.63, 3.8) is 0 Å². The highest BCUT2D eigenvalue weighted by Gasteiger charge is 2.14. The van der Waals surface area contributed by atoms with Crippen molar-refractivity contribution in [3.05, 3.63) is 39.5 Å². The predicted octanol–water partition coefficient (Wildman–Crippen LogP) is 2.94. The van der Waals surface area contributed by atoms with Gasteiger partial charge in [0.2, 0.25) is 0 Å². The van der Waals surface area contributed by atoms with Crippen LogP contribution in [0.1, 0.15) is 35.4 Å². The van der Waals surface area contributed by atoms with Crippen LogP contribution in [0.2, 0.25) is 0 Å². The van der Waals surface area contributed by atoms with E-state index in [9.17, 15) is 5.26 Å². The molecule has 2 aromatic rings. The van der Waals surface area contributed by atoms with Gasteiger partial charge in [0.25, 0.3) is 0 Å². The molecule has 20 heavy (non-hydrogen) atoms. The van der Waals surface area contributed by atoms with Gasteiger partial charge in [-0.1, -0.05) is 0 Å². The molecule has 5 heteroatoms. The van der Waals surface area contributed by atoms with E-state index in [1.165, 1.54) is 18.4 Å². The Hall–Kier alpha value is -1.93. The van der Waals surface area contributed by atoms with E-state index < -0.39 is 0 Å². The third-order valence-electron chi connectivity index (χ3n) is 3.58. The van der Waals surface area contributed by atoms with Crippen LogP contribution in [0.15, 0.2) is 17.0 Å². The van der Waals surface area contributed by atoms with E-state index in [-0.39, 0.29) is 0 Å². The van der Waals surface area contributed by atoms with E-state index in [1.54, 1.807) is 11.3 Å². The molecule has 3 rings (SSSR count). The Balaban J connectivity index is 1.73. The molecule has 2 aromatic heterocycles. The van der Waals surface area contributed by atoms with Crippen LogP contribution in [-0.4, -0.2) is 16.5 Å². The minimum Gasteiger partial charge on any atom is -0.369 e. The number of rotatable bonds is 4. The van der Waals surface area contributed by atoms with Gasteiger partial charge in [-0.3, -0.25) is 0 Å². The SMILES string of the molecule is N#Cc1cc2c(nc1NCCc1cscn1)CCCC2. The normalized spacial score (nSPS) is 13.6. The first-order valence-electron chi connectivity index (χ1n) is 6.90. The summed E-state index contributed by atoms with van der Waals surface area (Å²) in [6.45, 7) is 0.754. The van der Waals surface area contributed by atoms with Crippen LogP contribution in [0.4, 0.5) is 5.82 Å². The number of nitriles is 1. The zero-order valence-corrected chi connectivity index (χ0v) is 12.0. The fraction of sp³-hybridized carbons (Fsp3) is 0.400. The van der Waals surface area contributed by atoms with Gasteiger partial charge in [-0.2, -0.15) is 5.26 Å². The minimum atomic E-state index is 0.656. The number of nitrogens with one attached hydrogen (secondary N) is 1. The van der Waals surface area contributed by atoms with Crippen molar-refractivity contribution in [2.45, 2.75) is 32.1 Å². The van der Waals surface area contributed by atoms with Gasteiger partial charge in [0.15, 0.2) is 0 Å². The maximum absolute atomic E-state index is 9.26. The van der Waals surface area contributed by atoms with Gasteiger partial charge in [-0.15, -0.1) is 11.3 Å². The number of anilines is 1. The summed E-state index contributed by atoms with van der Waals surface area (Å²) < 4.78 is 0. The number of aryl methyl sites for hydroxylation is 2. The Morgan fingerprint density at radius 2 is 2.25 bits per heavy atom. The Kier molecular flexibility index (Phi) is 3.93. The summed E-state index contributed by atoms with van der Waals surface area (Å²) in [6, 6.07) is 4.26. The minimum absolute atomic E-state index is 0.656. The first-order chi connectivity index (χ1) is 9.86. The standard InChI is InChI=1S/C15H16N4S/c16-8-12-7-11-3-1-2-4-14(11)19-15(12)17-6-5-13-9-20-10-18-13/h7,9-10H,1-6H2,(H,17,19). The summed E-state index contributed by atoms with van der Waals surface area (Å²) in [6.07, 6.45) is 5.34. The molecule has 0 atom stereocenters. The van der Waals surface area contributed by atoms with Gasteiger partial charge in [0.05, 0.1) is 16.8 Å². The molecule has 0 aliphatic heterocycles. The molecule has 0 fully saturated rings. The molecule has 0 bridgehead atoms. The molecule has 1 N–H and O–H groups in total. The number of aromatic nitrogens is 2. The second kappa shape index (κ2) is 6.02. The van der Waals surface area contributed by atoms with E-state index in [4.69, 9.17) is 0 Å². The van der Waals surface area contributed by atoms with Crippen LogP contribution in [0.3, 0.4) is 0 Å². The highest BCUT2D eigenvalue weighted by molar-refractivity contribution is 7.07. The molecular weight excluding hydrogens is 268 g/mol. The van der Waals surface area contributed by atoms with Crippen molar-refractivity contribution in [2.24, 2.45) is 0 Å². The first-order valence-corrected chi connectivity index (χ1v) is 7.85. The van der Waals surface area contributed by atoms with Crippen LogP contribution >= 0.6 is 11.3 Å². The third-order valence-corrected chi connectivity index (χ3v) is 4.21. The van der Waals surface area contributed by atoms with Crippen molar-refractivity contribution in [1.29, 1.82) is 5.26 Å². The Morgan fingerprint density at radius 1 is 1.35 bits per heavy atom. The lowest BCUT2D eigenvalue weighted by atomic mass is 9.95. The number of hydrogen-bond donors (Lipinski definition) is 1. The molecule has 1 aliphatic rings. The summed E-state index contributed by atoms with van der Waals surface area (Å²) in [7, 11) is 0. The molecule has 0 spiro atoms. The molecule has 2 heterocycles. The molecule has 0 radical (unpaired) electrons. The predicted molar refractivity (Wildman–Crippen MR) is 79.9 cm³/mol. The van der Waals surface area contributed by atoms with E-state index >= 15 is 0 Å². The first kappa shape index (κ1) is 13.1. The van der Waals surface area contributed by atoms with Crippen LogP contribution in [0.5, 0.6) is 0 Å². The number of nitrogens with zero attached hydrogens (tertiary/aromatic N) is 3. The van der Waals surface area contributed by atoms with Crippen LogP contribution in [0, 0.1) is 11.3 Å². The molecule has 102 valence electrons. The quantitative estimate of drug-likeness (QED) is 0.937. The summed E-state index contributed by atoms with van der Waals surface area (Å²) in [4.78, 5) is 8.90. The monoisotopic (exact) mass is 284 g/mol. The van der Waals surface area contributed by atoms with Crippen molar-refractivity contribution in [3.8, 4) is 6.07 Å². The highest BCUT2D eigenvalue weighted by Crippen LogP contribution is 2.24. The van der Waals surface area contributed by atoms with E-state index in [0.717, 1.165) is 43.0 Å². The van der Waals surface area contributed by atoms with Crippen LogP contribution < -0.4 is 5.32 Å². The molecule has 4 nitrogen and oxygen atoms in total. The summed E-state index contributed by atoms with van der Waals surface area (Å²) in [5.74, 6) is 0.725. The fourth-order valence-electron chi connectivity index (χ4n) is 2.52. The van der Waals surface area contributed by atoms with E-state index in [2.05, 4.69) is 21.4 Å². The summed E-state index contributed by atoms with van der Waals surface area (Å²) >= 11 is 1.61. The molecule has 0 aromatic carbocycles. The van der Waals surface area contributed by atoms with Gasteiger partial charge in [-0.05, 0) is 37.3 Å². The number of pyridine rings is 1. The van der Waals surface area contributed by atoms with E-state index in [0.29, 0.717) is 5.56 Å². The molecule has 0 unspecified atom stereocenters. The smallest absolute Gasteiger partial charge is 0.144 e. The Labute approximate surface area is 122 Å². The average molecular weight is 284 g/mol. The van der Waals surface area contributed by atoms with Crippen LogP contribution in [0.25, 0.3) is 0 Å². The fourth-order valence-corrected chi connectivity index (χ4v) is 3.12. The van der Waals surface area contributed by atoms with Crippen molar-refractivity contribution in [2.75, 3.05) is 11.9 Å². The molecular formula is C15H16N4S. The van der Waals surface area contributed by atoms with Gasteiger partial charge >= 0.3 is 0 Å². The topological polar surface area (TPSA) is 61.6 Å². The van der Waals surface area contributed by atoms with Crippen molar-refractivity contribution < 1.29 is 0 Å². The Morgan fingerprint density at radius 3 is 3.05 bits per heavy atom. The van der Waals surface area contributed by atoms with Gasteiger partial charge < -0.3 is 5.32 Å². The lowest BCUT2D eigenvalue weighted by molar-refractivity contribution is 0.668. The van der Waals surface area contributed by atoms with Gasteiger partial charge in [-0.25, -0.2) is 9.97 Å². The van der Waals surface area contributed by atoms with Gasteiger partial charge in [0.1, 0.15) is 11.9 Å². The van der Waals surface area contributed by atoms with Crippen LogP contribution in [-0.2, 0) is 19.3 Å². The maximum atomic E-state index is 9.26. The summed E-state index contributed by atoms with van der Waals surface area (Å²) in [5.41, 5.74) is 5.99. The lowest BCUT2D eigenvalue weighted by Gasteiger charge is -2.17. The summed E-state index contributed by atoms with van der Waals surface area (Å²) in [5, 5.41) is 14.6. The highest BCUT2D eigenvalue weighted by atomic mass is 32.1. The molecule has 0 amide bonds. The zero-order chi connectivity index (χ0) is 13.8. The zero-order valence-electron chi connectivity index (χ0n) is 11.2. The molecule has 0 saturated heterocycles. The van der Waals surface area contributed by atoms with Gasteiger partial charge in [0, 0.05) is 24.0 Å². The lowest BCUT2D eigenvalue weighted by Crippen LogP contribution is -2.12. The second-order valence-electron chi connectivity index (χ2n) is 4.97. The third kappa shape index (κ3) is 2.81. The Bertz CT molecular complexity index is 628.